The van der Waals surface area contributed by atoms with Crippen LogP contribution in [0.2, 0.25) is 0 Å². The van der Waals surface area contributed by atoms with Gasteiger partial charge in [-0.2, -0.15) is 0 Å². The van der Waals surface area contributed by atoms with Crippen LogP contribution in [0.15, 0.2) is 118 Å². The fourth-order valence-electron chi connectivity index (χ4n) is 7.38. The summed E-state index contributed by atoms with van der Waals surface area (Å²) in [6.45, 7) is 6.82. The highest BCUT2D eigenvalue weighted by atomic mass is 16.3. The van der Waals surface area contributed by atoms with E-state index in [1.165, 1.54) is 43.8 Å². The second-order valence-electron chi connectivity index (χ2n) is 13.0. The number of fused-ring (bicyclic) bond motifs is 14. The van der Waals surface area contributed by atoms with Crippen molar-refractivity contribution in [2.75, 3.05) is 0 Å². The maximum absolute atomic E-state index is 6.66. The molecule has 43 heavy (non-hydrogen) atoms. The molecule has 3 nitrogen and oxygen atoms in total. The third-order valence-corrected chi connectivity index (χ3v) is 9.46. The topological polar surface area (TPSA) is 30.7 Å². The van der Waals surface area contributed by atoms with Crippen molar-refractivity contribution in [2.45, 2.75) is 26.2 Å². The van der Waals surface area contributed by atoms with Gasteiger partial charge in [-0.05, 0) is 58.5 Å². The van der Waals surface area contributed by atoms with E-state index in [9.17, 15) is 0 Å². The Morgan fingerprint density at radius 1 is 0.442 bits per heavy atom. The molecule has 0 unspecified atom stereocenters. The molecular weight excluding hydrogens is 526 g/mol. The molecule has 0 fully saturated rings. The van der Waals surface area contributed by atoms with E-state index in [4.69, 9.17) is 8.83 Å². The third kappa shape index (κ3) is 2.94. The first-order valence-corrected chi connectivity index (χ1v) is 14.9. The summed E-state index contributed by atoms with van der Waals surface area (Å²) in [4.78, 5) is 0. The van der Waals surface area contributed by atoms with Gasteiger partial charge >= 0.3 is 0 Å². The zero-order chi connectivity index (χ0) is 28.6. The van der Waals surface area contributed by atoms with E-state index in [1.807, 2.05) is 12.1 Å². The minimum Gasteiger partial charge on any atom is -0.454 e. The zero-order valence-corrected chi connectivity index (χ0v) is 24.2. The van der Waals surface area contributed by atoms with E-state index in [0.717, 1.165) is 54.9 Å². The normalized spacial score (nSPS) is 13.0. The highest BCUT2D eigenvalue weighted by Crippen LogP contribution is 2.47. The zero-order valence-electron chi connectivity index (χ0n) is 24.2. The molecule has 0 aliphatic heterocycles. The van der Waals surface area contributed by atoms with Crippen LogP contribution in [0.5, 0.6) is 0 Å². The Morgan fingerprint density at radius 2 is 0.977 bits per heavy atom. The van der Waals surface area contributed by atoms with Crippen LogP contribution in [0.3, 0.4) is 0 Å². The molecule has 0 aliphatic rings. The Kier molecular flexibility index (Phi) is 4.20. The lowest BCUT2D eigenvalue weighted by atomic mass is 9.85. The molecule has 0 saturated heterocycles. The number of hydrogen-bond acceptors (Lipinski definition) is 2. The van der Waals surface area contributed by atoms with Crippen LogP contribution in [-0.4, -0.2) is 4.40 Å². The van der Waals surface area contributed by atoms with E-state index in [2.05, 4.69) is 122 Å². The van der Waals surface area contributed by atoms with Crippen LogP contribution < -0.4 is 0 Å². The highest BCUT2D eigenvalue weighted by Gasteiger charge is 2.25. The summed E-state index contributed by atoms with van der Waals surface area (Å²) in [5, 5.41) is 9.37. The second-order valence-corrected chi connectivity index (χ2v) is 13.0. The summed E-state index contributed by atoms with van der Waals surface area (Å²) in [5.41, 5.74) is 10.9. The van der Waals surface area contributed by atoms with Gasteiger partial charge in [-0.3, -0.25) is 0 Å². The summed E-state index contributed by atoms with van der Waals surface area (Å²) >= 11 is 0. The minimum atomic E-state index is 0.0688. The highest BCUT2D eigenvalue weighted by molar-refractivity contribution is 6.31. The van der Waals surface area contributed by atoms with Gasteiger partial charge in [0.05, 0.1) is 16.6 Å². The Labute approximate surface area is 246 Å². The van der Waals surface area contributed by atoms with E-state index in [1.54, 1.807) is 0 Å². The van der Waals surface area contributed by atoms with Gasteiger partial charge in [0.2, 0.25) is 0 Å². The summed E-state index contributed by atoms with van der Waals surface area (Å²) in [6.07, 6.45) is 0. The molecule has 4 heterocycles. The van der Waals surface area contributed by atoms with Crippen LogP contribution in [-0.2, 0) is 5.41 Å². The van der Waals surface area contributed by atoms with E-state index in [-0.39, 0.29) is 5.41 Å². The molecule has 10 aromatic rings. The van der Waals surface area contributed by atoms with Crippen molar-refractivity contribution in [3.8, 4) is 11.1 Å². The molecule has 0 atom stereocenters. The molecule has 0 saturated carbocycles. The van der Waals surface area contributed by atoms with Crippen molar-refractivity contribution in [3.63, 3.8) is 0 Å². The van der Waals surface area contributed by atoms with Crippen LogP contribution in [0, 0.1) is 0 Å². The van der Waals surface area contributed by atoms with Crippen molar-refractivity contribution < 1.29 is 8.83 Å². The van der Waals surface area contributed by atoms with Gasteiger partial charge in [0.25, 0.3) is 0 Å². The number of rotatable bonds is 1. The average molecular weight is 554 g/mol. The first-order chi connectivity index (χ1) is 21.0. The van der Waals surface area contributed by atoms with Crippen LogP contribution in [0.25, 0.3) is 93.1 Å². The third-order valence-electron chi connectivity index (χ3n) is 9.46. The standard InChI is InChI=1S/C40H27NO2/c1-40(2,3)24-10-8-9-22(19-24)23-20-31-27-15-17-29-25-11-4-6-13-33(25)42-38(29)36(27)41-35(31)32(21-23)28-16-18-30-26-12-5-7-14-34(26)43-39(30)37(28)41/h4-21H,1-3H3. The number of hydrogen-bond donors (Lipinski definition) is 0. The quantitative estimate of drug-likeness (QED) is 0.202. The second kappa shape index (κ2) is 7.76. The SMILES string of the molecule is CC(C)(C)c1cccc(-c2cc3c4ccc5c6ccccc6oc5c4n4c3c(c2)c2ccc3c5ccccc5oc3c24)c1. The van der Waals surface area contributed by atoms with Gasteiger partial charge in [0, 0.05) is 43.1 Å². The van der Waals surface area contributed by atoms with Crippen molar-refractivity contribution in [1.82, 2.24) is 4.40 Å². The molecule has 0 amide bonds. The number of furan rings is 2. The molecule has 10 rings (SSSR count). The fourth-order valence-corrected chi connectivity index (χ4v) is 7.38. The minimum absolute atomic E-state index is 0.0688. The average Bonchev–Trinajstić information content (AvgIpc) is 3.76. The first-order valence-electron chi connectivity index (χ1n) is 14.9. The summed E-state index contributed by atoms with van der Waals surface area (Å²) in [7, 11) is 0. The predicted octanol–water partition coefficient (Wildman–Crippen LogP) is 11.6. The Balaban J connectivity index is 1.45. The summed E-state index contributed by atoms with van der Waals surface area (Å²) in [5.74, 6) is 0. The molecule has 6 aromatic carbocycles. The number of para-hydroxylation sites is 2. The van der Waals surface area contributed by atoms with Gasteiger partial charge in [0.15, 0.2) is 11.2 Å². The van der Waals surface area contributed by atoms with Crippen molar-refractivity contribution >= 4 is 82.0 Å². The van der Waals surface area contributed by atoms with Gasteiger partial charge in [0.1, 0.15) is 11.2 Å². The smallest absolute Gasteiger partial charge is 0.160 e. The van der Waals surface area contributed by atoms with Crippen molar-refractivity contribution in [2.24, 2.45) is 0 Å². The molecular formula is C40H27NO2. The van der Waals surface area contributed by atoms with Gasteiger partial charge < -0.3 is 13.2 Å². The predicted molar refractivity (Wildman–Crippen MR) is 180 cm³/mol. The maximum Gasteiger partial charge on any atom is 0.160 e. The number of nitrogens with zero attached hydrogens (tertiary/aromatic N) is 1. The molecule has 0 bridgehead atoms. The number of aromatic nitrogens is 1. The lowest BCUT2D eigenvalue weighted by molar-refractivity contribution is 0.590. The first kappa shape index (κ1) is 23.3. The van der Waals surface area contributed by atoms with Crippen LogP contribution >= 0.6 is 0 Å². The molecule has 3 heteroatoms. The molecule has 0 N–H and O–H groups in total. The molecule has 0 aliphatic carbocycles. The van der Waals surface area contributed by atoms with Crippen LogP contribution in [0.4, 0.5) is 0 Å². The van der Waals surface area contributed by atoms with Crippen LogP contribution in [0.1, 0.15) is 26.3 Å². The van der Waals surface area contributed by atoms with Crippen molar-refractivity contribution in [1.29, 1.82) is 0 Å². The van der Waals surface area contributed by atoms with E-state index in [0.29, 0.717) is 0 Å². The lowest BCUT2D eigenvalue weighted by Crippen LogP contribution is -2.10. The van der Waals surface area contributed by atoms with Gasteiger partial charge in [-0.1, -0.05) is 93.6 Å². The Hall–Kier alpha value is -5.28. The Bertz CT molecular complexity index is 2600. The summed E-state index contributed by atoms with van der Waals surface area (Å²) in [6, 6.07) is 39.4. The maximum atomic E-state index is 6.66. The Morgan fingerprint density at radius 3 is 1.53 bits per heavy atom. The van der Waals surface area contributed by atoms with Crippen molar-refractivity contribution in [3.05, 3.63) is 115 Å². The van der Waals surface area contributed by atoms with Gasteiger partial charge in [-0.15, -0.1) is 0 Å². The largest absolute Gasteiger partial charge is 0.454 e. The molecule has 4 aromatic heterocycles. The van der Waals surface area contributed by atoms with Gasteiger partial charge in [-0.25, -0.2) is 0 Å². The summed E-state index contributed by atoms with van der Waals surface area (Å²) < 4.78 is 15.7. The lowest BCUT2D eigenvalue weighted by Gasteiger charge is -2.20. The monoisotopic (exact) mass is 553 g/mol. The van der Waals surface area contributed by atoms with E-state index < -0.39 is 0 Å². The number of benzene rings is 6. The fraction of sp³-hybridized carbons (Fsp3) is 0.100. The molecule has 0 spiro atoms. The molecule has 0 radical (unpaired) electrons. The van der Waals surface area contributed by atoms with E-state index >= 15 is 0 Å². The molecule has 204 valence electrons.